The van der Waals surface area contributed by atoms with Gasteiger partial charge in [0.05, 0.1) is 24.1 Å². The van der Waals surface area contributed by atoms with Crippen LogP contribution in [0, 0.1) is 11.2 Å². The molecule has 2 aromatic carbocycles. The van der Waals surface area contributed by atoms with Crippen molar-refractivity contribution in [2.45, 2.75) is 26.7 Å². The van der Waals surface area contributed by atoms with Crippen LogP contribution in [0.2, 0.25) is 0 Å². The first-order chi connectivity index (χ1) is 13.4. The van der Waals surface area contributed by atoms with Gasteiger partial charge in [0.2, 0.25) is 0 Å². The highest BCUT2D eigenvalue weighted by atomic mass is 19.1. The standard InChI is InChI=1S/C22H22FN3O2/c1-22(2)12-18-20(19(27)13-22)21(24-15-5-4-6-17(11-15)28-3)25-26(18)16-9-7-14(23)8-10-16/h4-11H,12-13H2,1-3H3,(H,24,25). The molecule has 0 saturated carbocycles. The maximum absolute atomic E-state index is 13.4. The molecule has 5 nitrogen and oxygen atoms in total. The number of fused-ring (bicyclic) bond motifs is 1. The lowest BCUT2D eigenvalue weighted by molar-refractivity contribution is 0.0912. The third-order valence-corrected chi connectivity index (χ3v) is 4.95. The Bertz CT molecular complexity index is 1040. The summed E-state index contributed by atoms with van der Waals surface area (Å²) < 4.78 is 20.4. The molecule has 28 heavy (non-hydrogen) atoms. The van der Waals surface area contributed by atoms with Gasteiger partial charge in [-0.3, -0.25) is 4.79 Å². The minimum Gasteiger partial charge on any atom is -0.497 e. The molecule has 0 saturated heterocycles. The van der Waals surface area contributed by atoms with Crippen molar-refractivity contribution >= 4 is 17.3 Å². The second kappa shape index (κ2) is 6.78. The quantitative estimate of drug-likeness (QED) is 0.699. The second-order valence-corrected chi connectivity index (χ2v) is 7.86. The Hall–Kier alpha value is -3.15. The minimum atomic E-state index is -0.309. The molecule has 1 heterocycles. The van der Waals surface area contributed by atoms with Gasteiger partial charge < -0.3 is 10.1 Å². The van der Waals surface area contributed by atoms with Gasteiger partial charge in [-0.15, -0.1) is 5.10 Å². The Labute approximate surface area is 163 Å². The summed E-state index contributed by atoms with van der Waals surface area (Å²) in [6.45, 7) is 4.15. The fourth-order valence-electron chi connectivity index (χ4n) is 3.67. The van der Waals surface area contributed by atoms with E-state index in [4.69, 9.17) is 4.74 Å². The maximum Gasteiger partial charge on any atom is 0.169 e. The molecule has 0 aliphatic heterocycles. The zero-order chi connectivity index (χ0) is 19.9. The first-order valence-electron chi connectivity index (χ1n) is 9.18. The summed E-state index contributed by atoms with van der Waals surface area (Å²) in [5, 5.41) is 7.94. The Morgan fingerprint density at radius 3 is 2.61 bits per heavy atom. The monoisotopic (exact) mass is 379 g/mol. The normalized spacial score (nSPS) is 15.2. The van der Waals surface area contributed by atoms with Gasteiger partial charge in [-0.05, 0) is 48.2 Å². The van der Waals surface area contributed by atoms with Gasteiger partial charge in [-0.2, -0.15) is 0 Å². The molecule has 0 fully saturated rings. The SMILES string of the molecule is COc1cccc(Nc2nn(-c3ccc(F)cc3)c3c2C(=O)CC(C)(C)C3)c1. The number of Topliss-reactive ketones (excluding diaryl/α,β-unsaturated/α-hetero) is 1. The van der Waals surface area contributed by atoms with E-state index in [2.05, 4.69) is 24.3 Å². The number of aromatic nitrogens is 2. The molecule has 0 bridgehead atoms. The van der Waals surface area contributed by atoms with Gasteiger partial charge in [0.1, 0.15) is 11.6 Å². The summed E-state index contributed by atoms with van der Waals surface area (Å²) in [4.78, 5) is 13.0. The molecule has 3 aromatic rings. The Kier molecular flexibility index (Phi) is 4.41. The number of hydrogen-bond acceptors (Lipinski definition) is 4. The smallest absolute Gasteiger partial charge is 0.169 e. The number of carbonyl (C=O) groups excluding carboxylic acids is 1. The van der Waals surface area contributed by atoms with Crippen LogP contribution in [0.3, 0.4) is 0 Å². The van der Waals surface area contributed by atoms with E-state index < -0.39 is 0 Å². The van der Waals surface area contributed by atoms with Crippen LogP contribution in [0.15, 0.2) is 48.5 Å². The first-order valence-corrected chi connectivity index (χ1v) is 9.18. The number of halogens is 1. The fraction of sp³-hybridized carbons (Fsp3) is 0.273. The first kappa shape index (κ1) is 18.2. The molecule has 1 N–H and O–H groups in total. The van der Waals surface area contributed by atoms with Crippen molar-refractivity contribution in [2.75, 3.05) is 12.4 Å². The van der Waals surface area contributed by atoms with Gasteiger partial charge in [-0.1, -0.05) is 19.9 Å². The topological polar surface area (TPSA) is 56.1 Å². The number of benzene rings is 2. The van der Waals surface area contributed by atoms with Crippen molar-refractivity contribution in [2.24, 2.45) is 5.41 Å². The van der Waals surface area contributed by atoms with E-state index in [1.54, 1.807) is 23.9 Å². The van der Waals surface area contributed by atoms with Crippen molar-refractivity contribution in [3.05, 3.63) is 65.6 Å². The summed E-state index contributed by atoms with van der Waals surface area (Å²) in [7, 11) is 1.61. The van der Waals surface area contributed by atoms with Crippen LogP contribution < -0.4 is 10.1 Å². The van der Waals surface area contributed by atoms with Gasteiger partial charge in [0.25, 0.3) is 0 Å². The number of hydrogen-bond donors (Lipinski definition) is 1. The molecule has 0 radical (unpaired) electrons. The molecule has 6 heteroatoms. The molecule has 0 amide bonds. The maximum atomic E-state index is 13.4. The Morgan fingerprint density at radius 2 is 1.89 bits per heavy atom. The molecule has 1 aliphatic carbocycles. The molecule has 0 atom stereocenters. The highest BCUT2D eigenvalue weighted by Crippen LogP contribution is 2.39. The molecule has 4 rings (SSSR count). The van der Waals surface area contributed by atoms with Crippen LogP contribution in [-0.4, -0.2) is 22.7 Å². The van der Waals surface area contributed by atoms with Crippen LogP contribution in [0.5, 0.6) is 5.75 Å². The van der Waals surface area contributed by atoms with Crippen LogP contribution in [-0.2, 0) is 6.42 Å². The Balaban J connectivity index is 1.83. The molecular formula is C22H22FN3O2. The summed E-state index contributed by atoms with van der Waals surface area (Å²) >= 11 is 0. The zero-order valence-corrected chi connectivity index (χ0v) is 16.1. The van der Waals surface area contributed by atoms with Gasteiger partial charge >= 0.3 is 0 Å². The van der Waals surface area contributed by atoms with Crippen molar-refractivity contribution in [3.63, 3.8) is 0 Å². The molecular weight excluding hydrogens is 357 g/mol. The highest BCUT2D eigenvalue weighted by Gasteiger charge is 2.36. The number of anilines is 2. The predicted octanol–water partition coefficient (Wildman–Crippen LogP) is 4.92. The second-order valence-electron chi connectivity index (χ2n) is 7.86. The highest BCUT2D eigenvalue weighted by molar-refractivity contribution is 6.03. The lowest BCUT2D eigenvalue weighted by Crippen LogP contribution is -2.28. The van der Waals surface area contributed by atoms with Crippen molar-refractivity contribution in [3.8, 4) is 11.4 Å². The average Bonchev–Trinajstić information content (AvgIpc) is 2.99. The number of nitrogens with zero attached hydrogens (tertiary/aromatic N) is 2. The van der Waals surface area contributed by atoms with E-state index in [1.807, 2.05) is 24.3 Å². The molecule has 1 aromatic heterocycles. The number of rotatable bonds is 4. The molecule has 1 aliphatic rings. The fourth-order valence-corrected chi connectivity index (χ4v) is 3.67. The number of ether oxygens (including phenoxy) is 1. The average molecular weight is 379 g/mol. The summed E-state index contributed by atoms with van der Waals surface area (Å²) in [5.74, 6) is 0.971. The lowest BCUT2D eigenvalue weighted by Gasteiger charge is -2.29. The summed E-state index contributed by atoms with van der Waals surface area (Å²) in [6, 6.07) is 13.6. The van der Waals surface area contributed by atoms with Crippen molar-refractivity contribution in [1.82, 2.24) is 9.78 Å². The van der Waals surface area contributed by atoms with E-state index in [0.717, 1.165) is 17.1 Å². The van der Waals surface area contributed by atoms with Gasteiger partial charge in [0.15, 0.2) is 11.6 Å². The van der Waals surface area contributed by atoms with Gasteiger partial charge in [-0.25, -0.2) is 9.07 Å². The predicted molar refractivity (Wildman–Crippen MR) is 106 cm³/mol. The number of nitrogens with one attached hydrogen (secondary N) is 1. The van der Waals surface area contributed by atoms with E-state index in [-0.39, 0.29) is 17.0 Å². The third kappa shape index (κ3) is 3.38. The zero-order valence-electron chi connectivity index (χ0n) is 16.1. The van der Waals surface area contributed by atoms with Crippen LogP contribution in [0.1, 0.15) is 36.3 Å². The Morgan fingerprint density at radius 1 is 1.14 bits per heavy atom. The van der Waals surface area contributed by atoms with E-state index in [9.17, 15) is 9.18 Å². The molecule has 144 valence electrons. The molecule has 0 spiro atoms. The van der Waals surface area contributed by atoms with Crippen molar-refractivity contribution in [1.29, 1.82) is 0 Å². The van der Waals surface area contributed by atoms with Crippen molar-refractivity contribution < 1.29 is 13.9 Å². The number of carbonyl (C=O) groups is 1. The number of ketones is 1. The lowest BCUT2D eigenvalue weighted by atomic mass is 9.76. The van der Waals surface area contributed by atoms with Crippen LogP contribution >= 0.6 is 0 Å². The van der Waals surface area contributed by atoms with E-state index in [1.165, 1.54) is 12.1 Å². The van der Waals surface area contributed by atoms with Crippen LogP contribution in [0.25, 0.3) is 5.69 Å². The number of methoxy groups -OCH3 is 1. The largest absolute Gasteiger partial charge is 0.497 e. The van der Waals surface area contributed by atoms with E-state index in [0.29, 0.717) is 30.0 Å². The molecule has 0 unspecified atom stereocenters. The summed E-state index contributed by atoms with van der Waals surface area (Å²) in [5.41, 5.74) is 2.80. The minimum absolute atomic E-state index is 0.0602. The third-order valence-electron chi connectivity index (χ3n) is 4.95. The summed E-state index contributed by atoms with van der Waals surface area (Å²) in [6.07, 6.45) is 1.17. The van der Waals surface area contributed by atoms with Crippen LogP contribution in [0.4, 0.5) is 15.9 Å². The van der Waals surface area contributed by atoms with E-state index >= 15 is 0 Å². The van der Waals surface area contributed by atoms with Gasteiger partial charge in [0, 0.05) is 18.2 Å².